The third-order valence-corrected chi connectivity index (χ3v) is 3.84. The molecular weight excluding hydrogens is 263 g/mol. The molecule has 0 aliphatic carbocycles. The van der Waals surface area contributed by atoms with Crippen molar-refractivity contribution in [1.29, 1.82) is 0 Å². The molecule has 0 radical (unpaired) electrons. The molecule has 0 saturated heterocycles. The second-order valence-electron chi connectivity index (χ2n) is 6.89. The second-order valence-corrected chi connectivity index (χ2v) is 6.89. The highest BCUT2D eigenvalue weighted by atomic mass is 19.1. The first kappa shape index (κ1) is 18.0. The summed E-state index contributed by atoms with van der Waals surface area (Å²) in [6, 6.07) is 7.01. The van der Waals surface area contributed by atoms with Crippen molar-refractivity contribution in [1.82, 2.24) is 5.32 Å². The van der Waals surface area contributed by atoms with Crippen molar-refractivity contribution >= 4 is 5.69 Å². The molecule has 0 aliphatic heterocycles. The van der Waals surface area contributed by atoms with Crippen molar-refractivity contribution in [3.63, 3.8) is 0 Å². The molecule has 120 valence electrons. The first-order chi connectivity index (χ1) is 9.88. The molecule has 2 nitrogen and oxygen atoms in total. The molecular formula is C18H31FN2. The van der Waals surface area contributed by atoms with Gasteiger partial charge in [-0.1, -0.05) is 46.2 Å². The van der Waals surface area contributed by atoms with Gasteiger partial charge >= 0.3 is 0 Å². The van der Waals surface area contributed by atoms with Crippen LogP contribution in [0.2, 0.25) is 0 Å². The summed E-state index contributed by atoms with van der Waals surface area (Å²) in [6.07, 6.45) is 2.28. The van der Waals surface area contributed by atoms with Crippen molar-refractivity contribution in [2.24, 2.45) is 11.3 Å². The van der Waals surface area contributed by atoms with Gasteiger partial charge in [0.2, 0.25) is 0 Å². The Labute approximate surface area is 129 Å². The van der Waals surface area contributed by atoms with Gasteiger partial charge in [-0.25, -0.2) is 4.39 Å². The van der Waals surface area contributed by atoms with Crippen LogP contribution in [-0.4, -0.2) is 26.7 Å². The van der Waals surface area contributed by atoms with Gasteiger partial charge in [0.1, 0.15) is 5.82 Å². The molecule has 1 atom stereocenters. The van der Waals surface area contributed by atoms with E-state index >= 15 is 0 Å². The Morgan fingerprint density at radius 2 is 1.95 bits per heavy atom. The van der Waals surface area contributed by atoms with Crippen molar-refractivity contribution in [3.05, 3.63) is 30.1 Å². The van der Waals surface area contributed by atoms with Crippen LogP contribution in [-0.2, 0) is 0 Å². The number of benzene rings is 1. The summed E-state index contributed by atoms with van der Waals surface area (Å²) in [5.41, 5.74) is 0.837. The van der Waals surface area contributed by atoms with Gasteiger partial charge in [0, 0.05) is 20.1 Å². The normalized spacial score (nSPS) is 14.2. The van der Waals surface area contributed by atoms with E-state index < -0.39 is 0 Å². The average molecular weight is 294 g/mol. The average Bonchev–Trinajstić information content (AvgIpc) is 2.38. The predicted molar refractivity (Wildman–Crippen MR) is 90.4 cm³/mol. The minimum absolute atomic E-state index is 0.144. The molecule has 0 bridgehead atoms. The number of rotatable bonds is 9. The maximum Gasteiger partial charge on any atom is 0.146 e. The Morgan fingerprint density at radius 1 is 1.29 bits per heavy atom. The first-order valence-corrected chi connectivity index (χ1v) is 8.04. The Balaban J connectivity index is 2.70. The van der Waals surface area contributed by atoms with E-state index in [1.54, 1.807) is 6.07 Å². The summed E-state index contributed by atoms with van der Waals surface area (Å²) in [5, 5.41) is 3.56. The summed E-state index contributed by atoms with van der Waals surface area (Å²) in [6.45, 7) is 11.8. The van der Waals surface area contributed by atoms with E-state index in [9.17, 15) is 4.39 Å². The highest BCUT2D eigenvalue weighted by molar-refractivity contribution is 5.46. The van der Waals surface area contributed by atoms with Crippen LogP contribution in [0.4, 0.5) is 10.1 Å². The van der Waals surface area contributed by atoms with Crippen molar-refractivity contribution in [3.8, 4) is 0 Å². The zero-order chi connectivity index (χ0) is 15.9. The number of hydrogen-bond acceptors (Lipinski definition) is 2. The van der Waals surface area contributed by atoms with E-state index in [1.165, 1.54) is 6.07 Å². The van der Waals surface area contributed by atoms with Gasteiger partial charge in [-0.3, -0.25) is 0 Å². The number of nitrogens with one attached hydrogen (secondary N) is 1. The van der Waals surface area contributed by atoms with Crippen LogP contribution < -0.4 is 10.2 Å². The lowest BCUT2D eigenvalue weighted by Gasteiger charge is -2.35. The quantitative estimate of drug-likeness (QED) is 0.730. The third kappa shape index (κ3) is 6.04. The molecule has 1 unspecified atom stereocenters. The van der Waals surface area contributed by atoms with Crippen LogP contribution in [0.25, 0.3) is 0 Å². The molecule has 0 amide bonds. The SMILES string of the molecule is CCCC(C)(CNCC(C)C)CN(C)c1ccccc1F. The molecule has 1 aromatic rings. The fourth-order valence-corrected chi connectivity index (χ4v) is 2.91. The molecule has 0 aromatic heterocycles. The zero-order valence-electron chi connectivity index (χ0n) is 14.2. The molecule has 0 saturated carbocycles. The maximum atomic E-state index is 13.9. The minimum atomic E-state index is -0.144. The molecule has 21 heavy (non-hydrogen) atoms. The summed E-state index contributed by atoms with van der Waals surface area (Å²) >= 11 is 0. The van der Waals surface area contributed by atoms with E-state index in [-0.39, 0.29) is 11.2 Å². The predicted octanol–water partition coefficient (Wildman–Crippen LogP) is 4.31. The van der Waals surface area contributed by atoms with Crippen molar-refractivity contribution in [2.45, 2.75) is 40.5 Å². The third-order valence-electron chi connectivity index (χ3n) is 3.84. The molecule has 1 N–H and O–H groups in total. The standard InChI is InChI=1S/C18H31FN2/c1-6-11-18(4,13-20-12-15(2)3)14-21(5)17-10-8-7-9-16(17)19/h7-10,15,20H,6,11-14H2,1-5H3. The van der Waals surface area contributed by atoms with E-state index in [2.05, 4.69) is 33.0 Å². The number of para-hydroxylation sites is 1. The lowest BCUT2D eigenvalue weighted by Crippen LogP contribution is -2.42. The van der Waals surface area contributed by atoms with Crippen molar-refractivity contribution < 1.29 is 4.39 Å². The number of halogens is 1. The molecule has 0 aliphatic rings. The van der Waals surface area contributed by atoms with Crippen LogP contribution in [0.1, 0.15) is 40.5 Å². The largest absolute Gasteiger partial charge is 0.372 e. The highest BCUT2D eigenvalue weighted by Gasteiger charge is 2.25. The van der Waals surface area contributed by atoms with E-state index in [1.807, 2.05) is 24.1 Å². The Bertz CT molecular complexity index is 419. The molecule has 1 aromatic carbocycles. The minimum Gasteiger partial charge on any atom is -0.372 e. The zero-order valence-corrected chi connectivity index (χ0v) is 14.2. The Morgan fingerprint density at radius 3 is 2.52 bits per heavy atom. The fraction of sp³-hybridized carbons (Fsp3) is 0.667. The molecule has 0 heterocycles. The number of nitrogens with zero attached hydrogens (tertiary/aromatic N) is 1. The smallest absolute Gasteiger partial charge is 0.146 e. The van der Waals surface area contributed by atoms with E-state index in [4.69, 9.17) is 0 Å². The monoisotopic (exact) mass is 294 g/mol. The summed E-state index contributed by atoms with van der Waals surface area (Å²) in [5.74, 6) is 0.508. The lowest BCUT2D eigenvalue weighted by atomic mass is 9.84. The lowest BCUT2D eigenvalue weighted by molar-refractivity contribution is 0.279. The highest BCUT2D eigenvalue weighted by Crippen LogP contribution is 2.27. The summed E-state index contributed by atoms with van der Waals surface area (Å²) < 4.78 is 13.9. The van der Waals surface area contributed by atoms with Gasteiger partial charge < -0.3 is 10.2 Å². The Kier molecular flexibility index (Phi) is 7.16. The number of hydrogen-bond donors (Lipinski definition) is 1. The Hall–Kier alpha value is -1.09. The molecule has 0 fully saturated rings. The van der Waals surface area contributed by atoms with Crippen LogP contribution in [0.3, 0.4) is 0 Å². The van der Waals surface area contributed by atoms with Crippen LogP contribution in [0.15, 0.2) is 24.3 Å². The van der Waals surface area contributed by atoms with Gasteiger partial charge in [0.25, 0.3) is 0 Å². The van der Waals surface area contributed by atoms with Gasteiger partial charge in [0.15, 0.2) is 0 Å². The molecule has 1 rings (SSSR count). The van der Waals surface area contributed by atoms with Crippen LogP contribution >= 0.6 is 0 Å². The van der Waals surface area contributed by atoms with Crippen LogP contribution in [0.5, 0.6) is 0 Å². The fourth-order valence-electron chi connectivity index (χ4n) is 2.91. The van der Waals surface area contributed by atoms with Gasteiger partial charge in [-0.15, -0.1) is 0 Å². The molecule has 3 heteroatoms. The van der Waals surface area contributed by atoms with Gasteiger partial charge in [-0.2, -0.15) is 0 Å². The first-order valence-electron chi connectivity index (χ1n) is 8.04. The maximum absolute atomic E-state index is 13.9. The summed E-state index contributed by atoms with van der Waals surface area (Å²) in [4.78, 5) is 2.04. The van der Waals surface area contributed by atoms with E-state index in [0.717, 1.165) is 32.5 Å². The molecule has 0 spiro atoms. The number of anilines is 1. The van der Waals surface area contributed by atoms with Crippen LogP contribution in [0, 0.1) is 17.2 Å². The van der Waals surface area contributed by atoms with Crippen molar-refractivity contribution in [2.75, 3.05) is 31.6 Å². The van der Waals surface area contributed by atoms with E-state index in [0.29, 0.717) is 11.6 Å². The topological polar surface area (TPSA) is 15.3 Å². The summed E-state index contributed by atoms with van der Waals surface area (Å²) in [7, 11) is 1.98. The van der Waals surface area contributed by atoms with Gasteiger partial charge in [0.05, 0.1) is 5.69 Å². The van der Waals surface area contributed by atoms with Gasteiger partial charge in [-0.05, 0) is 36.4 Å². The second kappa shape index (κ2) is 8.38.